The summed E-state index contributed by atoms with van der Waals surface area (Å²) < 4.78 is 12.1. The fourth-order valence-electron chi connectivity index (χ4n) is 4.65. The number of likely N-dealkylation sites (tertiary alicyclic amines) is 1. The van der Waals surface area contributed by atoms with E-state index in [-0.39, 0.29) is 24.6 Å². The van der Waals surface area contributed by atoms with Crippen LogP contribution in [0.3, 0.4) is 0 Å². The van der Waals surface area contributed by atoms with E-state index in [2.05, 4.69) is 25.8 Å². The van der Waals surface area contributed by atoms with Gasteiger partial charge in [0.2, 0.25) is 0 Å². The second-order valence-corrected chi connectivity index (χ2v) is 10.5. The molecule has 3 amide bonds. The van der Waals surface area contributed by atoms with Crippen LogP contribution in [-0.4, -0.2) is 71.9 Å². The Kier molecular flexibility index (Phi) is 8.88. The number of hydrogen-bond donors (Lipinski definition) is 4. The lowest BCUT2D eigenvalue weighted by Gasteiger charge is -2.20. The highest BCUT2D eigenvalue weighted by atomic mass is 35.5. The lowest BCUT2D eigenvalue weighted by Crippen LogP contribution is -2.34. The number of amides is 3. The van der Waals surface area contributed by atoms with Crippen molar-refractivity contribution in [3.63, 3.8) is 0 Å². The van der Waals surface area contributed by atoms with E-state index in [4.69, 9.17) is 21.1 Å². The predicted octanol–water partition coefficient (Wildman–Crippen LogP) is 4.55. The maximum atomic E-state index is 13.0. The summed E-state index contributed by atoms with van der Waals surface area (Å²) in [6.07, 6.45) is 5.18. The minimum absolute atomic E-state index is 0.0577. The maximum Gasteiger partial charge on any atom is 0.319 e. The molecule has 1 aliphatic heterocycles. The highest BCUT2D eigenvalue weighted by Gasteiger charge is 2.24. The molecule has 0 spiro atoms. The SMILES string of the molecule is CCNC(=O)c1cc2c(Oc3ccc(NC(=O)NC4CC4)c(Cl)c3)ccnc2cc1OC[C@H](O)CN1CCCC1. The van der Waals surface area contributed by atoms with Crippen LogP contribution in [0, 0.1) is 0 Å². The van der Waals surface area contributed by atoms with Gasteiger partial charge >= 0.3 is 6.03 Å². The number of nitrogens with one attached hydrogen (secondary N) is 3. The number of carbonyl (C=O) groups is 2. The van der Waals surface area contributed by atoms with Gasteiger partial charge in [0.1, 0.15) is 30.0 Å². The van der Waals surface area contributed by atoms with Crippen LogP contribution in [0.1, 0.15) is 43.0 Å². The second kappa shape index (κ2) is 12.7. The zero-order valence-electron chi connectivity index (χ0n) is 22.4. The molecule has 4 N–H and O–H groups in total. The summed E-state index contributed by atoms with van der Waals surface area (Å²) in [5, 5.41) is 19.9. The molecule has 0 bridgehead atoms. The van der Waals surface area contributed by atoms with Crippen LogP contribution in [0.2, 0.25) is 5.02 Å². The average molecular weight is 568 g/mol. The van der Waals surface area contributed by atoms with Crippen LogP contribution in [0.4, 0.5) is 10.5 Å². The Hall–Kier alpha value is -3.60. The average Bonchev–Trinajstić information content (AvgIpc) is 3.59. The monoisotopic (exact) mass is 567 g/mol. The molecule has 1 aliphatic carbocycles. The van der Waals surface area contributed by atoms with E-state index in [1.807, 2.05) is 6.92 Å². The zero-order valence-corrected chi connectivity index (χ0v) is 23.2. The van der Waals surface area contributed by atoms with Gasteiger partial charge in [-0.25, -0.2) is 4.79 Å². The number of aromatic nitrogens is 1. The molecular formula is C29H34ClN5O5. The molecule has 2 fully saturated rings. The van der Waals surface area contributed by atoms with Crippen molar-refractivity contribution in [1.82, 2.24) is 20.5 Å². The van der Waals surface area contributed by atoms with Gasteiger partial charge in [-0.05, 0) is 70.0 Å². The number of ether oxygens (including phenoxy) is 2. The van der Waals surface area contributed by atoms with Crippen LogP contribution in [0.5, 0.6) is 17.2 Å². The van der Waals surface area contributed by atoms with Crippen molar-refractivity contribution in [3.05, 3.63) is 53.2 Å². The highest BCUT2D eigenvalue weighted by Crippen LogP contribution is 2.35. The van der Waals surface area contributed by atoms with Gasteiger partial charge in [0, 0.05) is 42.8 Å². The van der Waals surface area contributed by atoms with Gasteiger partial charge in [-0.15, -0.1) is 0 Å². The molecule has 1 saturated heterocycles. The van der Waals surface area contributed by atoms with Crippen molar-refractivity contribution in [2.45, 2.75) is 44.8 Å². The van der Waals surface area contributed by atoms with Gasteiger partial charge in [-0.3, -0.25) is 9.78 Å². The van der Waals surface area contributed by atoms with E-state index >= 15 is 0 Å². The molecule has 212 valence electrons. The number of nitrogens with zero attached hydrogens (tertiary/aromatic N) is 2. The number of aliphatic hydroxyl groups excluding tert-OH is 1. The van der Waals surface area contributed by atoms with Gasteiger partial charge in [0.15, 0.2) is 0 Å². The molecule has 40 heavy (non-hydrogen) atoms. The standard InChI is InChI=1S/C29H34ClN5O5/c1-2-31-28(37)22-14-21-25(15-27(22)39-17-19(36)16-35-11-3-4-12-35)32-10-9-26(21)40-20-7-8-24(23(30)13-20)34-29(38)33-18-5-6-18/h7-10,13-15,18-19,36H,2-6,11-12,16-17H2,1H3,(H,31,37)(H2,33,34,38)/t19-/m1/s1. The number of rotatable bonds is 11. The van der Waals surface area contributed by atoms with Crippen molar-refractivity contribution in [3.8, 4) is 17.2 Å². The van der Waals surface area contributed by atoms with Crippen LogP contribution in [0.25, 0.3) is 10.9 Å². The summed E-state index contributed by atoms with van der Waals surface area (Å²) in [5.74, 6) is 0.965. The smallest absolute Gasteiger partial charge is 0.319 e. The molecule has 10 nitrogen and oxygen atoms in total. The third-order valence-corrected chi connectivity index (χ3v) is 7.13. The van der Waals surface area contributed by atoms with Crippen molar-refractivity contribution in [2.75, 3.05) is 38.1 Å². The minimum Gasteiger partial charge on any atom is -0.490 e. The fraction of sp³-hybridized carbons (Fsp3) is 0.414. The van der Waals surface area contributed by atoms with Crippen molar-refractivity contribution >= 4 is 40.1 Å². The molecule has 3 aromatic rings. The van der Waals surface area contributed by atoms with E-state index in [1.54, 1.807) is 42.6 Å². The summed E-state index contributed by atoms with van der Waals surface area (Å²) in [4.78, 5) is 31.7. The van der Waals surface area contributed by atoms with Crippen molar-refractivity contribution < 1.29 is 24.2 Å². The Morgan fingerprint density at radius 3 is 2.67 bits per heavy atom. The summed E-state index contributed by atoms with van der Waals surface area (Å²) in [6.45, 7) is 4.83. The summed E-state index contributed by atoms with van der Waals surface area (Å²) >= 11 is 6.42. The lowest BCUT2D eigenvalue weighted by atomic mass is 10.1. The molecule has 0 unspecified atom stereocenters. The summed E-state index contributed by atoms with van der Waals surface area (Å²) in [7, 11) is 0. The maximum absolute atomic E-state index is 13.0. The number of β-amino-alcohol motifs (C(OH)–C–C–N with tert-alkyl or cyclic N) is 1. The van der Waals surface area contributed by atoms with Crippen LogP contribution >= 0.6 is 11.6 Å². The molecule has 5 rings (SSSR count). The number of benzene rings is 2. The molecular weight excluding hydrogens is 534 g/mol. The Morgan fingerprint density at radius 2 is 1.95 bits per heavy atom. The zero-order chi connectivity index (χ0) is 28.1. The number of aliphatic hydroxyl groups is 1. The largest absolute Gasteiger partial charge is 0.490 e. The first kappa shape index (κ1) is 27.9. The Balaban J connectivity index is 1.35. The number of hydrogen-bond acceptors (Lipinski definition) is 7. The van der Waals surface area contributed by atoms with Gasteiger partial charge in [0.05, 0.1) is 21.8 Å². The topological polar surface area (TPSA) is 125 Å². The van der Waals surface area contributed by atoms with Crippen molar-refractivity contribution in [2.24, 2.45) is 0 Å². The summed E-state index contributed by atoms with van der Waals surface area (Å²) in [6, 6.07) is 10.0. The van der Waals surface area contributed by atoms with E-state index in [0.29, 0.717) is 57.5 Å². The quantitative estimate of drug-likeness (QED) is 0.268. The molecule has 2 aliphatic rings. The third-order valence-electron chi connectivity index (χ3n) is 6.81. The highest BCUT2D eigenvalue weighted by molar-refractivity contribution is 6.33. The Bertz CT molecular complexity index is 1380. The number of fused-ring (bicyclic) bond motifs is 1. The van der Waals surface area contributed by atoms with Crippen LogP contribution in [-0.2, 0) is 0 Å². The first-order valence-electron chi connectivity index (χ1n) is 13.7. The first-order chi connectivity index (χ1) is 19.4. The van der Waals surface area contributed by atoms with Crippen LogP contribution < -0.4 is 25.4 Å². The van der Waals surface area contributed by atoms with Gasteiger partial charge in [-0.1, -0.05) is 11.6 Å². The minimum atomic E-state index is -0.680. The number of anilines is 1. The van der Waals surface area contributed by atoms with Gasteiger partial charge in [-0.2, -0.15) is 0 Å². The van der Waals surface area contributed by atoms with E-state index in [0.717, 1.165) is 38.8 Å². The molecule has 0 radical (unpaired) electrons. The molecule has 2 aromatic carbocycles. The molecule has 11 heteroatoms. The molecule has 1 saturated carbocycles. The predicted molar refractivity (Wildman–Crippen MR) is 154 cm³/mol. The number of urea groups is 1. The number of carbonyl (C=O) groups excluding carboxylic acids is 2. The third kappa shape index (κ3) is 7.12. The van der Waals surface area contributed by atoms with Crippen LogP contribution in [0.15, 0.2) is 42.6 Å². The second-order valence-electron chi connectivity index (χ2n) is 10.1. The first-order valence-corrected chi connectivity index (χ1v) is 14.1. The van der Waals surface area contributed by atoms with Gasteiger partial charge in [0.25, 0.3) is 5.91 Å². The van der Waals surface area contributed by atoms with Crippen molar-refractivity contribution in [1.29, 1.82) is 0 Å². The molecule has 1 atom stereocenters. The molecule has 1 aromatic heterocycles. The lowest BCUT2D eigenvalue weighted by molar-refractivity contribution is 0.0745. The van der Waals surface area contributed by atoms with E-state index in [1.165, 1.54) is 0 Å². The number of pyridine rings is 1. The summed E-state index contributed by atoms with van der Waals surface area (Å²) in [5.41, 5.74) is 1.36. The number of halogens is 1. The van der Waals surface area contributed by atoms with E-state index in [9.17, 15) is 14.7 Å². The normalized spacial score (nSPS) is 16.0. The van der Waals surface area contributed by atoms with E-state index < -0.39 is 6.10 Å². The fourth-order valence-corrected chi connectivity index (χ4v) is 4.87. The molecule has 2 heterocycles. The Labute approximate surface area is 238 Å². The van der Waals surface area contributed by atoms with Gasteiger partial charge < -0.3 is 35.4 Å². The Morgan fingerprint density at radius 1 is 1.15 bits per heavy atom.